The highest BCUT2D eigenvalue weighted by Gasteiger charge is 2.52. The molecule has 2 aliphatic heterocycles. The number of aliphatic hydroxyl groups is 1. The van der Waals surface area contributed by atoms with Crippen LogP contribution in [0.15, 0.2) is 47.8 Å². The second-order valence-electron chi connectivity index (χ2n) is 11.7. The number of amides is 2. The number of carbonyl (C=O) groups excluding carboxylic acids is 3. The molecule has 2 heterocycles. The van der Waals surface area contributed by atoms with Gasteiger partial charge in [-0.1, -0.05) is 44.6 Å². The fraction of sp³-hybridized carbons (Fsp3) is 0.633. The van der Waals surface area contributed by atoms with Crippen LogP contribution in [0, 0.1) is 47.3 Å². The third kappa shape index (κ3) is 4.26. The number of likely N-dealkylation sites (tertiary alicyclic amines) is 1. The first-order valence-corrected chi connectivity index (χ1v) is 13.9. The number of allylic oxidation sites excluding steroid dienone is 5. The average molecular weight is 493 g/mol. The second-order valence-corrected chi connectivity index (χ2v) is 11.7. The molecule has 0 aromatic heterocycles. The smallest absolute Gasteiger partial charge is 0.261 e. The van der Waals surface area contributed by atoms with Crippen molar-refractivity contribution in [2.75, 3.05) is 13.6 Å². The summed E-state index contributed by atoms with van der Waals surface area (Å²) < 4.78 is 0. The van der Waals surface area contributed by atoms with Crippen LogP contribution < -0.4 is 5.32 Å². The summed E-state index contributed by atoms with van der Waals surface area (Å²) in [6, 6.07) is -0.594. The van der Waals surface area contributed by atoms with Gasteiger partial charge < -0.3 is 15.3 Å². The molecule has 194 valence electrons. The molecule has 0 spiro atoms. The summed E-state index contributed by atoms with van der Waals surface area (Å²) >= 11 is 0. The van der Waals surface area contributed by atoms with E-state index in [2.05, 4.69) is 31.3 Å². The van der Waals surface area contributed by atoms with Crippen LogP contribution in [0.1, 0.15) is 52.4 Å². The van der Waals surface area contributed by atoms with Crippen molar-refractivity contribution < 1.29 is 19.5 Å². The van der Waals surface area contributed by atoms with Crippen molar-refractivity contribution in [2.45, 2.75) is 58.4 Å². The first kappa shape index (κ1) is 25.0. The maximum atomic E-state index is 13.0. The minimum Gasteiger partial charge on any atom is -0.507 e. The number of ketones is 1. The van der Waals surface area contributed by atoms with E-state index in [0.29, 0.717) is 49.0 Å². The van der Waals surface area contributed by atoms with Crippen molar-refractivity contribution in [1.29, 1.82) is 0 Å². The summed E-state index contributed by atoms with van der Waals surface area (Å²) in [5, 5.41) is 13.8. The topological polar surface area (TPSA) is 86.7 Å². The van der Waals surface area contributed by atoms with E-state index in [-0.39, 0.29) is 28.9 Å². The van der Waals surface area contributed by atoms with Gasteiger partial charge in [0.25, 0.3) is 5.91 Å². The molecular formula is C30H40N2O4. The van der Waals surface area contributed by atoms with Crippen molar-refractivity contribution >= 4 is 17.6 Å². The van der Waals surface area contributed by atoms with Crippen LogP contribution >= 0.6 is 0 Å². The van der Waals surface area contributed by atoms with E-state index in [4.69, 9.17) is 0 Å². The molecule has 9 atom stereocenters. The lowest BCUT2D eigenvalue weighted by atomic mass is 9.69. The number of carbonyl (C=O) groups is 3. The van der Waals surface area contributed by atoms with Crippen LogP contribution in [0.2, 0.25) is 0 Å². The van der Waals surface area contributed by atoms with E-state index >= 15 is 0 Å². The third-order valence-electron chi connectivity index (χ3n) is 9.96. The van der Waals surface area contributed by atoms with Gasteiger partial charge in [0.05, 0.1) is 6.04 Å². The van der Waals surface area contributed by atoms with E-state index in [1.807, 2.05) is 12.2 Å². The number of rotatable bonds is 1. The van der Waals surface area contributed by atoms with Crippen LogP contribution in [0.4, 0.5) is 0 Å². The van der Waals surface area contributed by atoms with Crippen molar-refractivity contribution in [3.8, 4) is 0 Å². The Morgan fingerprint density at radius 2 is 1.78 bits per heavy atom. The number of likely N-dealkylation sites (N-methyl/N-ethyl adjacent to an activating group) is 1. The first-order valence-electron chi connectivity index (χ1n) is 13.9. The largest absolute Gasteiger partial charge is 0.507 e. The SMILES string of the molecule is CCC1C(C)CC2C1C=CC1C3CC=CC(=O)NCCCC4C(=O)C(=C(O)C=CC3CC12)C(=O)N4C. The maximum Gasteiger partial charge on any atom is 0.261 e. The van der Waals surface area contributed by atoms with Gasteiger partial charge in [-0.2, -0.15) is 0 Å². The molecule has 0 aromatic carbocycles. The Morgan fingerprint density at radius 1 is 1.03 bits per heavy atom. The van der Waals surface area contributed by atoms with Crippen molar-refractivity contribution in [2.24, 2.45) is 47.3 Å². The van der Waals surface area contributed by atoms with Gasteiger partial charge in [-0.25, -0.2) is 0 Å². The number of nitrogens with zero attached hydrogens (tertiary/aromatic N) is 1. The van der Waals surface area contributed by atoms with Gasteiger partial charge in [0.1, 0.15) is 11.3 Å². The molecule has 3 aliphatic carbocycles. The zero-order chi connectivity index (χ0) is 25.6. The van der Waals surface area contributed by atoms with Gasteiger partial charge in [0.2, 0.25) is 5.91 Å². The molecule has 3 fully saturated rings. The number of aliphatic hydroxyl groups excluding tert-OH is 1. The van der Waals surface area contributed by atoms with Gasteiger partial charge in [-0.15, -0.1) is 0 Å². The summed E-state index contributed by atoms with van der Waals surface area (Å²) in [6.45, 7) is 5.15. The fourth-order valence-electron chi connectivity index (χ4n) is 8.21. The van der Waals surface area contributed by atoms with Gasteiger partial charge in [0.15, 0.2) is 5.78 Å². The molecule has 5 rings (SSSR count). The molecule has 0 aromatic rings. The predicted molar refractivity (Wildman–Crippen MR) is 139 cm³/mol. The van der Waals surface area contributed by atoms with Gasteiger partial charge in [-0.3, -0.25) is 14.4 Å². The molecule has 2 bridgehead atoms. The van der Waals surface area contributed by atoms with E-state index in [1.165, 1.54) is 17.7 Å². The fourth-order valence-corrected chi connectivity index (χ4v) is 8.21. The minimum absolute atomic E-state index is 0.0999. The Bertz CT molecular complexity index is 1040. The molecule has 0 radical (unpaired) electrons. The summed E-state index contributed by atoms with van der Waals surface area (Å²) in [5.41, 5.74) is -0.0999. The zero-order valence-corrected chi connectivity index (χ0v) is 21.7. The van der Waals surface area contributed by atoms with E-state index in [9.17, 15) is 19.5 Å². The molecule has 2 amide bonds. The highest BCUT2D eigenvalue weighted by molar-refractivity contribution is 6.26. The van der Waals surface area contributed by atoms with Crippen LogP contribution in [0.25, 0.3) is 0 Å². The van der Waals surface area contributed by atoms with Crippen LogP contribution in [-0.4, -0.2) is 47.2 Å². The third-order valence-corrected chi connectivity index (χ3v) is 9.96. The number of fused-ring (bicyclic) bond motifs is 7. The Morgan fingerprint density at radius 3 is 2.56 bits per heavy atom. The Kier molecular flexibility index (Phi) is 6.97. The Hall–Kier alpha value is -2.63. The lowest BCUT2D eigenvalue weighted by Crippen LogP contribution is -2.33. The standard InChI is InChI=1S/C30H40N2O4/c1-4-19-17(2)15-23-21(19)11-12-22-20-7-5-9-27(34)31-14-6-8-25-29(35)28(30(36)32(25)3)26(33)13-10-18(20)16-24(22)23/h5,9-13,17-25,33H,4,6-8,14-16H2,1-3H3,(H,31,34). The molecule has 2 N–H and O–H groups in total. The van der Waals surface area contributed by atoms with Crippen molar-refractivity contribution in [1.82, 2.24) is 10.2 Å². The number of hydrogen-bond donors (Lipinski definition) is 2. The minimum atomic E-state index is -0.594. The van der Waals surface area contributed by atoms with Crippen LogP contribution in [-0.2, 0) is 14.4 Å². The predicted octanol–water partition coefficient (Wildman–Crippen LogP) is 4.36. The van der Waals surface area contributed by atoms with Crippen LogP contribution in [0.5, 0.6) is 0 Å². The molecule has 6 heteroatoms. The molecule has 9 unspecified atom stereocenters. The summed E-state index contributed by atoms with van der Waals surface area (Å²) in [6.07, 6.45) is 17.5. The van der Waals surface area contributed by atoms with Gasteiger partial charge >= 0.3 is 0 Å². The summed E-state index contributed by atoms with van der Waals surface area (Å²) in [4.78, 5) is 39.7. The van der Waals surface area contributed by atoms with Crippen molar-refractivity contribution in [3.05, 3.63) is 47.8 Å². The normalized spacial score (nSPS) is 40.9. The average Bonchev–Trinajstić information content (AvgIpc) is 3.44. The molecular weight excluding hydrogens is 452 g/mol. The van der Waals surface area contributed by atoms with E-state index in [1.54, 1.807) is 19.2 Å². The monoisotopic (exact) mass is 492 g/mol. The number of Topliss-reactive ketones (excluding diaryl/α,β-unsaturated/α-hetero) is 1. The van der Waals surface area contributed by atoms with Gasteiger partial charge in [-0.05, 0) is 91.6 Å². The summed E-state index contributed by atoms with van der Waals surface area (Å²) in [7, 11) is 1.61. The zero-order valence-electron chi connectivity index (χ0n) is 21.7. The lowest BCUT2D eigenvalue weighted by Gasteiger charge is -2.35. The number of nitrogens with one attached hydrogen (secondary N) is 1. The second kappa shape index (κ2) is 10.0. The summed E-state index contributed by atoms with van der Waals surface area (Å²) in [5.74, 6) is 3.30. The highest BCUT2D eigenvalue weighted by Crippen LogP contribution is 2.59. The number of hydrogen-bond acceptors (Lipinski definition) is 4. The Balaban J connectivity index is 1.47. The molecule has 2 saturated carbocycles. The molecule has 1 saturated heterocycles. The van der Waals surface area contributed by atoms with Gasteiger partial charge in [0, 0.05) is 13.6 Å². The van der Waals surface area contributed by atoms with E-state index < -0.39 is 11.9 Å². The molecule has 5 aliphatic rings. The maximum absolute atomic E-state index is 13.0. The lowest BCUT2D eigenvalue weighted by molar-refractivity contribution is -0.125. The van der Waals surface area contributed by atoms with Crippen LogP contribution in [0.3, 0.4) is 0 Å². The Labute approximate surface area is 214 Å². The van der Waals surface area contributed by atoms with Crippen molar-refractivity contribution in [3.63, 3.8) is 0 Å². The first-order chi connectivity index (χ1) is 17.3. The quantitative estimate of drug-likeness (QED) is 0.421. The highest BCUT2D eigenvalue weighted by atomic mass is 16.3. The van der Waals surface area contributed by atoms with E-state index in [0.717, 1.165) is 24.7 Å². The molecule has 36 heavy (non-hydrogen) atoms. The molecule has 6 nitrogen and oxygen atoms in total.